The minimum Gasteiger partial charge on any atom is -0.380 e. The summed E-state index contributed by atoms with van der Waals surface area (Å²) in [5, 5.41) is 8.19. The van der Waals surface area contributed by atoms with E-state index in [1.807, 2.05) is 6.07 Å². The Hall–Kier alpha value is -4.05. The van der Waals surface area contributed by atoms with Crippen LogP contribution in [0.2, 0.25) is 0 Å². The van der Waals surface area contributed by atoms with Crippen molar-refractivity contribution in [2.75, 3.05) is 18.5 Å². The lowest BCUT2D eigenvalue weighted by molar-refractivity contribution is -0.119. The Kier molecular flexibility index (Phi) is 5.60. The molecule has 4 aromatic rings. The molecule has 1 aromatic carbocycles. The summed E-state index contributed by atoms with van der Waals surface area (Å²) in [5.41, 5.74) is 1.12. The molecule has 5 heterocycles. The Morgan fingerprint density at radius 3 is 2.66 bits per heavy atom. The summed E-state index contributed by atoms with van der Waals surface area (Å²) in [4.78, 5) is 40.2. The van der Waals surface area contributed by atoms with Crippen molar-refractivity contribution in [3.63, 3.8) is 0 Å². The van der Waals surface area contributed by atoms with Gasteiger partial charge in [0.05, 0.1) is 30.6 Å². The smallest absolute Gasteiger partial charge is 0.235 e. The molecular formula is C28H27FN6O3. The van der Waals surface area contributed by atoms with Gasteiger partial charge in [-0.05, 0) is 38.5 Å². The number of ether oxygens (including phenoxy) is 1. The number of benzene rings is 1. The second-order valence-corrected chi connectivity index (χ2v) is 10.9. The number of fused-ring (bicyclic) bond motifs is 2. The number of halogens is 1. The summed E-state index contributed by atoms with van der Waals surface area (Å²) in [5.74, 6) is -0.230. The number of nitrogens with zero attached hydrogens (tertiary/aromatic N) is 5. The van der Waals surface area contributed by atoms with Gasteiger partial charge in [0.1, 0.15) is 23.0 Å². The fourth-order valence-corrected chi connectivity index (χ4v) is 5.03. The summed E-state index contributed by atoms with van der Waals surface area (Å²) in [6, 6.07) is 10.1. The number of Topliss-reactive ketones (excluding diaryl/α,β-unsaturated/α-hetero) is 1. The average molecular weight is 515 g/mol. The molecule has 1 saturated heterocycles. The number of carbonyl (C=O) groups excluding carboxylic acids is 2. The van der Waals surface area contributed by atoms with Crippen molar-refractivity contribution in [3.05, 3.63) is 65.2 Å². The molecule has 6 rings (SSSR count). The fraction of sp³-hybridized carbons (Fsp3) is 0.357. The number of amides is 1. The molecule has 0 saturated carbocycles. The quantitative estimate of drug-likeness (QED) is 0.366. The first kappa shape index (κ1) is 24.3. The molecule has 0 atom stereocenters. The lowest BCUT2D eigenvalue weighted by Gasteiger charge is -2.38. The van der Waals surface area contributed by atoms with E-state index >= 15 is 0 Å². The highest BCUT2D eigenvalue weighted by Gasteiger charge is 2.44. The summed E-state index contributed by atoms with van der Waals surface area (Å²) < 4.78 is 21.4. The number of aromatic nitrogens is 5. The van der Waals surface area contributed by atoms with Crippen molar-refractivity contribution in [2.24, 2.45) is 5.41 Å². The number of ketones is 1. The minimum atomic E-state index is -0.962. The Balaban J connectivity index is 1.46. The standard InChI is InChI=1S/C28H27FN6O3/c1-27(2)20-22(19(36)10-11-28(3)14-38-15-28)31-24(32-23(20)33-26(27)37)21-17-8-6-12-30-25(17)35(34-21)13-16-7-4-5-9-18(16)29/h4-9,12H,10-11,13-15H2,1-3H3,(H,31,32,33,37). The highest BCUT2D eigenvalue weighted by molar-refractivity contribution is 6.09. The summed E-state index contributed by atoms with van der Waals surface area (Å²) >= 11 is 0. The van der Waals surface area contributed by atoms with Gasteiger partial charge in [-0.1, -0.05) is 25.1 Å². The summed E-state index contributed by atoms with van der Waals surface area (Å²) in [6.07, 6.45) is 2.57. The lowest BCUT2D eigenvalue weighted by atomic mass is 9.81. The first-order valence-electron chi connectivity index (χ1n) is 12.6. The van der Waals surface area contributed by atoms with Gasteiger partial charge in [-0.15, -0.1) is 0 Å². The fourth-order valence-electron chi connectivity index (χ4n) is 5.03. The van der Waals surface area contributed by atoms with Crippen LogP contribution in [0.4, 0.5) is 10.2 Å². The zero-order valence-electron chi connectivity index (χ0n) is 21.4. The third-order valence-electron chi connectivity index (χ3n) is 7.45. The monoisotopic (exact) mass is 514 g/mol. The van der Waals surface area contributed by atoms with Crippen LogP contribution in [0, 0.1) is 11.2 Å². The highest BCUT2D eigenvalue weighted by Crippen LogP contribution is 2.41. The molecule has 2 aliphatic heterocycles. The number of carbonyl (C=O) groups is 2. The number of rotatable bonds is 7. The van der Waals surface area contributed by atoms with Crippen LogP contribution in [0.3, 0.4) is 0 Å². The van der Waals surface area contributed by atoms with E-state index < -0.39 is 5.41 Å². The van der Waals surface area contributed by atoms with Crippen molar-refractivity contribution in [1.29, 1.82) is 0 Å². The molecule has 194 valence electrons. The Labute approximate surface area is 218 Å². The molecule has 38 heavy (non-hydrogen) atoms. The van der Waals surface area contributed by atoms with Crippen LogP contribution < -0.4 is 5.32 Å². The van der Waals surface area contributed by atoms with Gasteiger partial charge in [0.25, 0.3) is 0 Å². The molecule has 1 N–H and O–H groups in total. The maximum Gasteiger partial charge on any atom is 0.235 e. The molecule has 3 aromatic heterocycles. The van der Waals surface area contributed by atoms with E-state index in [4.69, 9.17) is 14.8 Å². The maximum atomic E-state index is 14.4. The van der Waals surface area contributed by atoms with E-state index in [9.17, 15) is 14.0 Å². The van der Waals surface area contributed by atoms with Gasteiger partial charge < -0.3 is 10.1 Å². The van der Waals surface area contributed by atoms with Crippen LogP contribution in [-0.4, -0.2) is 49.6 Å². The van der Waals surface area contributed by atoms with Gasteiger partial charge in [0, 0.05) is 29.2 Å². The topological polar surface area (TPSA) is 112 Å². The predicted molar refractivity (Wildman–Crippen MR) is 138 cm³/mol. The van der Waals surface area contributed by atoms with Gasteiger partial charge in [-0.3, -0.25) is 9.59 Å². The normalized spacial score (nSPS) is 17.2. The molecule has 2 aliphatic rings. The predicted octanol–water partition coefficient (Wildman–Crippen LogP) is 4.30. The number of pyridine rings is 1. The molecule has 0 spiro atoms. The first-order valence-corrected chi connectivity index (χ1v) is 12.6. The Bertz CT molecular complexity index is 1610. The van der Waals surface area contributed by atoms with Gasteiger partial charge in [-0.2, -0.15) is 5.10 Å². The zero-order valence-corrected chi connectivity index (χ0v) is 21.4. The molecule has 1 amide bonds. The second-order valence-electron chi connectivity index (χ2n) is 10.9. The molecular weight excluding hydrogens is 487 g/mol. The number of hydrogen-bond donors (Lipinski definition) is 1. The number of hydrogen-bond acceptors (Lipinski definition) is 7. The Morgan fingerprint density at radius 1 is 1.13 bits per heavy atom. The lowest BCUT2D eigenvalue weighted by Crippen LogP contribution is -2.40. The number of anilines is 1. The van der Waals surface area contributed by atoms with E-state index in [0.29, 0.717) is 53.3 Å². The van der Waals surface area contributed by atoms with Gasteiger partial charge in [0.15, 0.2) is 17.3 Å². The van der Waals surface area contributed by atoms with E-state index in [1.54, 1.807) is 49.0 Å². The van der Waals surface area contributed by atoms with Gasteiger partial charge in [-0.25, -0.2) is 24.0 Å². The van der Waals surface area contributed by atoms with Crippen LogP contribution in [0.25, 0.3) is 22.6 Å². The minimum absolute atomic E-state index is 0.0361. The van der Waals surface area contributed by atoms with Crippen LogP contribution in [0.1, 0.15) is 55.2 Å². The molecule has 0 radical (unpaired) electrons. The second kappa shape index (κ2) is 8.76. The Morgan fingerprint density at radius 2 is 1.92 bits per heavy atom. The molecule has 9 nitrogen and oxygen atoms in total. The van der Waals surface area contributed by atoms with E-state index in [2.05, 4.69) is 22.2 Å². The van der Waals surface area contributed by atoms with Crippen LogP contribution in [-0.2, 0) is 21.5 Å². The first-order chi connectivity index (χ1) is 18.2. The summed E-state index contributed by atoms with van der Waals surface area (Å²) in [7, 11) is 0. The van der Waals surface area contributed by atoms with Crippen LogP contribution in [0.5, 0.6) is 0 Å². The SMILES string of the molecule is CC1(CCC(=O)c2nc(-c3nn(Cc4ccccc4F)c4ncccc34)nc3c2C(C)(C)C(=O)N3)COC1. The summed E-state index contributed by atoms with van der Waals surface area (Å²) in [6.45, 7) is 7.01. The van der Waals surface area contributed by atoms with Crippen LogP contribution >= 0.6 is 0 Å². The zero-order chi connectivity index (χ0) is 26.7. The van der Waals surface area contributed by atoms with Crippen molar-refractivity contribution in [1.82, 2.24) is 24.7 Å². The largest absolute Gasteiger partial charge is 0.380 e. The molecule has 1 fully saturated rings. The number of nitrogens with one attached hydrogen (secondary N) is 1. The van der Waals surface area contributed by atoms with Crippen molar-refractivity contribution < 1.29 is 18.7 Å². The van der Waals surface area contributed by atoms with Crippen LogP contribution in [0.15, 0.2) is 42.6 Å². The molecule has 10 heteroatoms. The van der Waals surface area contributed by atoms with E-state index in [1.165, 1.54) is 6.07 Å². The molecule has 0 bridgehead atoms. The van der Waals surface area contributed by atoms with Crippen molar-refractivity contribution in [3.8, 4) is 11.5 Å². The van der Waals surface area contributed by atoms with Gasteiger partial charge in [0.2, 0.25) is 5.91 Å². The van der Waals surface area contributed by atoms with E-state index in [-0.39, 0.29) is 47.4 Å². The van der Waals surface area contributed by atoms with Crippen molar-refractivity contribution in [2.45, 2.75) is 45.6 Å². The third-order valence-corrected chi connectivity index (χ3v) is 7.45. The third kappa shape index (κ3) is 3.96. The molecule has 0 unspecified atom stereocenters. The maximum absolute atomic E-state index is 14.4. The van der Waals surface area contributed by atoms with Crippen molar-refractivity contribution >= 4 is 28.5 Å². The molecule has 0 aliphatic carbocycles. The average Bonchev–Trinajstić information content (AvgIpc) is 3.36. The van der Waals surface area contributed by atoms with E-state index in [0.717, 1.165) is 0 Å². The highest BCUT2D eigenvalue weighted by atomic mass is 19.1. The van der Waals surface area contributed by atoms with Gasteiger partial charge >= 0.3 is 0 Å².